The van der Waals surface area contributed by atoms with Gasteiger partial charge in [-0.25, -0.2) is 4.98 Å². The van der Waals surface area contributed by atoms with Crippen molar-refractivity contribution in [3.05, 3.63) is 65.2 Å². The van der Waals surface area contributed by atoms with Crippen LogP contribution in [0.1, 0.15) is 17.0 Å². The third-order valence-electron chi connectivity index (χ3n) is 6.42. The molecule has 2 saturated heterocycles. The molecule has 2 aromatic carbocycles. The fourth-order valence-electron chi connectivity index (χ4n) is 4.70. The second-order valence-electron chi connectivity index (χ2n) is 8.90. The van der Waals surface area contributed by atoms with Crippen LogP contribution in [0.2, 0.25) is 0 Å². The highest BCUT2D eigenvalue weighted by Crippen LogP contribution is 2.23. The molecule has 0 saturated carbocycles. The van der Waals surface area contributed by atoms with E-state index < -0.39 is 0 Å². The molecule has 0 radical (unpaired) electrons. The highest BCUT2D eigenvalue weighted by molar-refractivity contribution is 7.18. The second kappa shape index (κ2) is 10.1. The van der Waals surface area contributed by atoms with E-state index in [0.29, 0.717) is 6.54 Å². The molecule has 1 atom stereocenters. The normalized spacial score (nSPS) is 20.7. The fraction of sp³-hybridized carbons (Fsp3) is 0.440. The summed E-state index contributed by atoms with van der Waals surface area (Å²) in [7, 11) is 0. The number of piperazine rings is 1. The summed E-state index contributed by atoms with van der Waals surface area (Å²) in [5.74, 6) is 0.163. The summed E-state index contributed by atoms with van der Waals surface area (Å²) < 4.78 is 1.26. The highest BCUT2D eigenvalue weighted by atomic mass is 32.1. The number of para-hydroxylation sites is 1. The van der Waals surface area contributed by atoms with Crippen LogP contribution in [-0.2, 0) is 17.9 Å². The van der Waals surface area contributed by atoms with Gasteiger partial charge in [0, 0.05) is 51.9 Å². The first kappa shape index (κ1) is 21.5. The van der Waals surface area contributed by atoms with Gasteiger partial charge in [-0.05, 0) is 24.1 Å². The summed E-state index contributed by atoms with van der Waals surface area (Å²) in [4.78, 5) is 24.5. The molecule has 0 unspecified atom stereocenters. The van der Waals surface area contributed by atoms with Crippen molar-refractivity contribution in [2.45, 2.75) is 25.6 Å². The van der Waals surface area contributed by atoms with Gasteiger partial charge >= 0.3 is 0 Å². The second-order valence-corrected chi connectivity index (χ2v) is 10.0. The van der Waals surface area contributed by atoms with Crippen LogP contribution in [0.5, 0.6) is 0 Å². The Balaban J connectivity index is 1.02. The van der Waals surface area contributed by atoms with Crippen LogP contribution in [0.3, 0.4) is 0 Å². The average molecular weight is 450 g/mol. The molecule has 168 valence electrons. The van der Waals surface area contributed by atoms with Crippen molar-refractivity contribution in [2.75, 3.05) is 45.8 Å². The van der Waals surface area contributed by atoms with E-state index in [1.165, 1.54) is 15.3 Å². The monoisotopic (exact) mass is 449 g/mol. The first-order chi connectivity index (χ1) is 15.7. The number of hydrogen-bond donors (Lipinski definition) is 1. The Morgan fingerprint density at radius 1 is 0.906 bits per heavy atom. The lowest BCUT2D eigenvalue weighted by Gasteiger charge is -2.34. The van der Waals surface area contributed by atoms with Crippen molar-refractivity contribution in [1.29, 1.82) is 0 Å². The van der Waals surface area contributed by atoms with Crippen LogP contribution >= 0.6 is 11.3 Å². The van der Waals surface area contributed by atoms with E-state index in [0.717, 1.165) is 64.3 Å². The zero-order valence-electron chi connectivity index (χ0n) is 18.4. The molecule has 0 aliphatic carbocycles. The Hall–Kier alpha value is -2.32. The van der Waals surface area contributed by atoms with Crippen LogP contribution in [-0.4, -0.2) is 77.4 Å². The summed E-state index contributed by atoms with van der Waals surface area (Å²) in [6.07, 6.45) is 1.04. The highest BCUT2D eigenvalue weighted by Gasteiger charge is 2.25. The molecular weight excluding hydrogens is 418 g/mol. The van der Waals surface area contributed by atoms with Gasteiger partial charge in [0.1, 0.15) is 5.01 Å². The number of aromatic nitrogens is 1. The molecule has 6 nitrogen and oxygen atoms in total. The van der Waals surface area contributed by atoms with E-state index in [1.807, 2.05) is 6.07 Å². The van der Waals surface area contributed by atoms with Gasteiger partial charge in [0.2, 0.25) is 5.91 Å². The number of fused-ring (bicyclic) bond motifs is 1. The maximum atomic E-state index is 12.6. The molecule has 32 heavy (non-hydrogen) atoms. The first-order valence-electron chi connectivity index (χ1n) is 11.6. The minimum absolute atomic E-state index is 0.163. The lowest BCUT2D eigenvalue weighted by atomic mass is 10.2. The number of carbonyl (C=O) groups excluding carboxylic acids is 1. The van der Waals surface area contributed by atoms with Gasteiger partial charge in [-0.3, -0.25) is 19.5 Å². The number of amides is 1. The average Bonchev–Trinajstić information content (AvgIpc) is 3.41. The van der Waals surface area contributed by atoms with Gasteiger partial charge in [0.05, 0.1) is 23.3 Å². The Bertz CT molecular complexity index is 998. The Morgan fingerprint density at radius 3 is 2.47 bits per heavy atom. The van der Waals surface area contributed by atoms with E-state index in [2.05, 4.69) is 68.5 Å². The smallest absolute Gasteiger partial charge is 0.234 e. The van der Waals surface area contributed by atoms with Crippen molar-refractivity contribution in [3.8, 4) is 0 Å². The molecule has 1 amide bonds. The van der Waals surface area contributed by atoms with Crippen molar-refractivity contribution >= 4 is 27.5 Å². The fourth-order valence-corrected chi connectivity index (χ4v) is 5.71. The van der Waals surface area contributed by atoms with Crippen LogP contribution < -0.4 is 5.32 Å². The maximum Gasteiger partial charge on any atom is 0.234 e. The predicted octanol–water partition coefficient (Wildman–Crippen LogP) is 2.80. The molecular formula is C25H31N5OS. The number of thiazole rings is 1. The van der Waals surface area contributed by atoms with Gasteiger partial charge in [-0.1, -0.05) is 42.5 Å². The molecule has 7 heteroatoms. The maximum absolute atomic E-state index is 12.6. The largest absolute Gasteiger partial charge is 0.351 e. The topological polar surface area (TPSA) is 51.7 Å². The number of hydrogen-bond acceptors (Lipinski definition) is 6. The number of carbonyl (C=O) groups is 1. The molecule has 2 aliphatic rings. The lowest BCUT2D eigenvalue weighted by molar-refractivity contribution is -0.123. The molecule has 1 N–H and O–H groups in total. The third-order valence-corrected chi connectivity index (χ3v) is 7.44. The number of nitrogens with zero attached hydrogens (tertiary/aromatic N) is 4. The third kappa shape index (κ3) is 5.53. The van der Waals surface area contributed by atoms with Gasteiger partial charge in [-0.15, -0.1) is 11.3 Å². The van der Waals surface area contributed by atoms with E-state index in [4.69, 9.17) is 4.98 Å². The molecule has 0 bridgehead atoms. The van der Waals surface area contributed by atoms with Crippen LogP contribution in [0.4, 0.5) is 0 Å². The summed E-state index contributed by atoms with van der Waals surface area (Å²) in [6, 6.07) is 19.2. The van der Waals surface area contributed by atoms with Crippen LogP contribution in [0.15, 0.2) is 54.6 Å². The van der Waals surface area contributed by atoms with Crippen molar-refractivity contribution < 1.29 is 4.79 Å². The minimum atomic E-state index is 0.163. The number of nitrogens with one attached hydrogen (secondary N) is 1. The Labute approximate surface area is 193 Å². The molecule has 2 fully saturated rings. The molecule has 3 aromatic rings. The molecule has 0 spiro atoms. The van der Waals surface area contributed by atoms with Gasteiger partial charge in [0.25, 0.3) is 0 Å². The standard InChI is InChI=1S/C25H31N5OS/c31-24(26-21-10-11-30(17-21)16-20-6-2-1-3-7-20)18-28-12-14-29(15-13-28)19-25-27-22-8-4-5-9-23(22)32-25/h1-9,21H,10-19H2,(H,26,31)/t21-/m0/s1. The van der Waals surface area contributed by atoms with E-state index in [1.54, 1.807) is 11.3 Å². The summed E-state index contributed by atoms with van der Waals surface area (Å²) in [5, 5.41) is 4.44. The summed E-state index contributed by atoms with van der Waals surface area (Å²) >= 11 is 1.79. The van der Waals surface area contributed by atoms with Crippen LogP contribution in [0.25, 0.3) is 10.2 Å². The molecule has 5 rings (SSSR count). The lowest BCUT2D eigenvalue weighted by Crippen LogP contribution is -2.50. The van der Waals surface area contributed by atoms with E-state index in [9.17, 15) is 4.79 Å². The quantitative estimate of drug-likeness (QED) is 0.601. The zero-order chi connectivity index (χ0) is 21.8. The Kier molecular flexibility index (Phi) is 6.78. The molecule has 1 aromatic heterocycles. The van der Waals surface area contributed by atoms with Crippen molar-refractivity contribution in [3.63, 3.8) is 0 Å². The SMILES string of the molecule is O=C(CN1CCN(Cc2nc3ccccc3s2)CC1)N[C@H]1CCN(Cc2ccccc2)C1. The van der Waals surface area contributed by atoms with Gasteiger partial charge in [-0.2, -0.15) is 0 Å². The molecule has 3 heterocycles. The van der Waals surface area contributed by atoms with Gasteiger partial charge < -0.3 is 5.32 Å². The van der Waals surface area contributed by atoms with E-state index in [-0.39, 0.29) is 11.9 Å². The number of likely N-dealkylation sites (tertiary alicyclic amines) is 1. The summed E-state index contributed by atoms with van der Waals surface area (Å²) in [5.41, 5.74) is 2.43. The van der Waals surface area contributed by atoms with Crippen molar-refractivity contribution in [2.24, 2.45) is 0 Å². The zero-order valence-corrected chi connectivity index (χ0v) is 19.3. The predicted molar refractivity (Wildman–Crippen MR) is 130 cm³/mol. The van der Waals surface area contributed by atoms with Crippen LogP contribution in [0, 0.1) is 0 Å². The van der Waals surface area contributed by atoms with E-state index >= 15 is 0 Å². The number of rotatable bonds is 7. The molecule has 2 aliphatic heterocycles. The minimum Gasteiger partial charge on any atom is -0.351 e. The summed E-state index contributed by atoms with van der Waals surface area (Å²) in [6.45, 7) is 8.19. The first-order valence-corrected chi connectivity index (χ1v) is 12.4. The van der Waals surface area contributed by atoms with Crippen molar-refractivity contribution in [1.82, 2.24) is 25.0 Å². The van der Waals surface area contributed by atoms with Gasteiger partial charge in [0.15, 0.2) is 0 Å². The Morgan fingerprint density at radius 2 is 1.66 bits per heavy atom. The number of benzene rings is 2.